The second-order valence-corrected chi connectivity index (χ2v) is 10.0. The normalized spacial score (nSPS) is 18.5. The van der Waals surface area contributed by atoms with Gasteiger partial charge in [0.15, 0.2) is 5.54 Å². The third kappa shape index (κ3) is 6.98. The topological polar surface area (TPSA) is 92.2 Å². The zero-order chi connectivity index (χ0) is 27.0. The number of halogens is 2. The van der Waals surface area contributed by atoms with Gasteiger partial charge in [0.25, 0.3) is 5.91 Å². The van der Waals surface area contributed by atoms with Crippen LogP contribution in [0.5, 0.6) is 5.75 Å². The van der Waals surface area contributed by atoms with Crippen LogP contribution in [0, 0.1) is 5.82 Å². The van der Waals surface area contributed by atoms with E-state index in [0.29, 0.717) is 44.1 Å². The van der Waals surface area contributed by atoms with Crippen LogP contribution >= 0.6 is 15.9 Å². The number of ether oxygens (including phenoxy) is 2. The summed E-state index contributed by atoms with van der Waals surface area (Å²) in [7, 11) is 0. The molecule has 0 bridgehead atoms. The summed E-state index contributed by atoms with van der Waals surface area (Å²) < 4.78 is 25.9. The van der Waals surface area contributed by atoms with Gasteiger partial charge in [0.05, 0.1) is 6.61 Å². The van der Waals surface area contributed by atoms with Crippen molar-refractivity contribution in [2.24, 2.45) is 4.99 Å². The molecule has 0 saturated carbocycles. The fourth-order valence-corrected chi connectivity index (χ4v) is 4.43. The summed E-state index contributed by atoms with van der Waals surface area (Å²) in [6.45, 7) is 2.81. The van der Waals surface area contributed by atoms with Crippen molar-refractivity contribution in [3.8, 4) is 5.75 Å². The Morgan fingerprint density at radius 1 is 1.08 bits per heavy atom. The van der Waals surface area contributed by atoms with Crippen molar-refractivity contribution in [1.82, 2.24) is 10.9 Å². The van der Waals surface area contributed by atoms with Crippen LogP contribution in [-0.2, 0) is 22.4 Å². The van der Waals surface area contributed by atoms with Crippen molar-refractivity contribution in [3.05, 3.63) is 99.8 Å². The van der Waals surface area contributed by atoms with Crippen LogP contribution in [-0.4, -0.2) is 48.3 Å². The highest BCUT2D eigenvalue weighted by Gasteiger charge is 2.50. The van der Waals surface area contributed by atoms with Crippen LogP contribution in [0.4, 0.5) is 4.39 Å². The fourth-order valence-electron chi connectivity index (χ4n) is 4.17. The molecule has 3 aromatic carbocycles. The molecule has 9 heteroatoms. The van der Waals surface area contributed by atoms with Crippen LogP contribution in [0.15, 0.2) is 82.3 Å². The molecule has 3 N–H and O–H groups in total. The number of hydrogen-bond donors (Lipinski definition) is 3. The van der Waals surface area contributed by atoms with E-state index in [1.807, 2.05) is 55.5 Å². The smallest absolute Gasteiger partial charge is 0.266 e. The third-order valence-corrected chi connectivity index (χ3v) is 6.90. The highest BCUT2D eigenvalue weighted by atomic mass is 79.9. The van der Waals surface area contributed by atoms with Gasteiger partial charge in [-0.2, -0.15) is 0 Å². The molecule has 4 rings (SSSR count). The van der Waals surface area contributed by atoms with Gasteiger partial charge in [-0.1, -0.05) is 40.2 Å². The molecule has 0 aromatic heterocycles. The van der Waals surface area contributed by atoms with Gasteiger partial charge in [-0.3, -0.25) is 10.2 Å². The number of aliphatic imine (C=N–C) groups is 1. The summed E-state index contributed by atoms with van der Waals surface area (Å²) in [4.78, 5) is 18.5. The Bertz CT molecular complexity index is 1240. The maximum absolute atomic E-state index is 13.6. The van der Waals surface area contributed by atoms with Crippen molar-refractivity contribution < 1.29 is 23.8 Å². The van der Waals surface area contributed by atoms with Crippen molar-refractivity contribution >= 4 is 27.7 Å². The van der Waals surface area contributed by atoms with E-state index in [0.717, 1.165) is 21.2 Å². The third-order valence-electron chi connectivity index (χ3n) is 6.37. The average molecular weight is 584 g/mol. The lowest BCUT2D eigenvalue weighted by Gasteiger charge is -2.28. The van der Waals surface area contributed by atoms with Gasteiger partial charge in [0.2, 0.25) is 5.90 Å². The van der Waals surface area contributed by atoms with Gasteiger partial charge in [-0.25, -0.2) is 14.8 Å². The number of hydrazine groups is 1. The first kappa shape index (κ1) is 27.8. The lowest BCUT2D eigenvalue weighted by atomic mass is 9.86. The Hall–Kier alpha value is -3.27. The number of benzene rings is 3. The van der Waals surface area contributed by atoms with Crippen molar-refractivity contribution in [1.29, 1.82) is 0 Å². The molecule has 1 aliphatic rings. The van der Waals surface area contributed by atoms with Crippen molar-refractivity contribution in [2.75, 3.05) is 19.8 Å². The van der Waals surface area contributed by atoms with Crippen LogP contribution in [0.25, 0.3) is 0 Å². The molecule has 7 nitrogen and oxygen atoms in total. The number of nitrogens with zero attached hydrogens (tertiary/aromatic N) is 1. The average Bonchev–Trinajstić information content (AvgIpc) is 3.26. The Morgan fingerprint density at radius 2 is 1.76 bits per heavy atom. The number of rotatable bonds is 12. The predicted octanol–water partition coefficient (Wildman–Crippen LogP) is 4.36. The quantitative estimate of drug-likeness (QED) is 0.218. The summed E-state index contributed by atoms with van der Waals surface area (Å²) in [6, 6.07) is 21.4. The van der Waals surface area contributed by atoms with Gasteiger partial charge in [-0.05, 0) is 73.0 Å². The van der Waals surface area contributed by atoms with E-state index in [9.17, 15) is 9.18 Å². The molecule has 0 radical (unpaired) electrons. The molecular formula is C29H31BrFN3O4. The zero-order valence-corrected chi connectivity index (χ0v) is 22.7. The van der Waals surface area contributed by atoms with Crippen LogP contribution in [0.3, 0.4) is 0 Å². The number of aliphatic hydroxyl groups excluding tert-OH is 1. The van der Waals surface area contributed by atoms with Gasteiger partial charge < -0.3 is 14.6 Å². The molecule has 1 aliphatic heterocycles. The second kappa shape index (κ2) is 13.0. The molecule has 0 fully saturated rings. The SMILES string of the molecule is C[C@@H]1OC(c2ccc(OCCCO)cc2)=N[C@]1(Cc1ccc(Br)cc1)C(=O)NNCCc1ccc(F)cc1. The van der Waals surface area contributed by atoms with Gasteiger partial charge in [0, 0.05) is 36.0 Å². The first-order valence-corrected chi connectivity index (χ1v) is 13.3. The summed E-state index contributed by atoms with van der Waals surface area (Å²) in [5, 5.41) is 8.94. The van der Waals surface area contributed by atoms with Crippen LogP contribution < -0.4 is 15.6 Å². The summed E-state index contributed by atoms with van der Waals surface area (Å²) in [5.41, 5.74) is 7.26. The molecule has 0 saturated heterocycles. The predicted molar refractivity (Wildman–Crippen MR) is 148 cm³/mol. The largest absolute Gasteiger partial charge is 0.494 e. The van der Waals surface area contributed by atoms with Crippen molar-refractivity contribution in [3.63, 3.8) is 0 Å². The first-order valence-electron chi connectivity index (χ1n) is 12.5. The maximum atomic E-state index is 13.6. The number of hydrogen-bond acceptors (Lipinski definition) is 6. The van der Waals surface area contributed by atoms with Crippen LogP contribution in [0.1, 0.15) is 30.0 Å². The highest BCUT2D eigenvalue weighted by molar-refractivity contribution is 9.10. The van der Waals surface area contributed by atoms with Gasteiger partial charge >= 0.3 is 0 Å². The van der Waals surface area contributed by atoms with Gasteiger partial charge in [0.1, 0.15) is 17.7 Å². The lowest BCUT2D eigenvalue weighted by molar-refractivity contribution is -0.129. The van der Waals surface area contributed by atoms with E-state index >= 15 is 0 Å². The van der Waals surface area contributed by atoms with Crippen molar-refractivity contribution in [2.45, 2.75) is 37.8 Å². The van der Waals surface area contributed by atoms with E-state index in [2.05, 4.69) is 26.8 Å². The maximum Gasteiger partial charge on any atom is 0.266 e. The molecule has 3 aromatic rings. The monoisotopic (exact) mass is 583 g/mol. The molecule has 0 aliphatic carbocycles. The molecular weight excluding hydrogens is 553 g/mol. The highest BCUT2D eigenvalue weighted by Crippen LogP contribution is 2.33. The van der Waals surface area contributed by atoms with Gasteiger partial charge in [-0.15, -0.1) is 0 Å². The molecule has 0 unspecified atom stereocenters. The van der Waals surface area contributed by atoms with E-state index in [1.54, 1.807) is 12.1 Å². The second-order valence-electron chi connectivity index (χ2n) is 9.11. The summed E-state index contributed by atoms with van der Waals surface area (Å²) >= 11 is 3.46. The minimum Gasteiger partial charge on any atom is -0.494 e. The summed E-state index contributed by atoms with van der Waals surface area (Å²) in [6.07, 6.45) is 0.994. The summed E-state index contributed by atoms with van der Waals surface area (Å²) in [5.74, 6) is 0.486. The van der Waals surface area contributed by atoms with E-state index in [1.165, 1.54) is 12.1 Å². The van der Waals surface area contributed by atoms with E-state index in [-0.39, 0.29) is 18.3 Å². The standard InChI is InChI=1S/C29H31BrFN3O4/c1-20-29(19-22-3-9-24(30)10-4-22,28(36)34-32-16-15-21-5-11-25(31)12-6-21)33-27(38-20)23-7-13-26(14-8-23)37-18-2-17-35/h3-14,20,32,35H,2,15-19H2,1H3,(H,34,36)/t20-,29-/m0/s1. The number of carbonyl (C=O) groups excluding carboxylic acids is 1. The molecule has 0 spiro atoms. The lowest BCUT2D eigenvalue weighted by Crippen LogP contribution is -2.56. The van der Waals surface area contributed by atoms with Crippen LogP contribution in [0.2, 0.25) is 0 Å². The Kier molecular flexibility index (Phi) is 9.49. The molecule has 1 amide bonds. The molecule has 1 heterocycles. The van der Waals surface area contributed by atoms with E-state index < -0.39 is 11.6 Å². The zero-order valence-electron chi connectivity index (χ0n) is 21.1. The molecule has 2 atom stereocenters. The van der Waals surface area contributed by atoms with E-state index in [4.69, 9.17) is 19.6 Å². The Labute approximate surface area is 230 Å². The molecule has 38 heavy (non-hydrogen) atoms. The minimum absolute atomic E-state index is 0.0736. The Balaban J connectivity index is 1.50. The number of nitrogens with one attached hydrogen (secondary N) is 2. The fraction of sp³-hybridized carbons (Fsp3) is 0.310. The molecule has 200 valence electrons. The number of aliphatic hydroxyl groups is 1. The number of carbonyl (C=O) groups is 1. The Morgan fingerprint density at radius 3 is 2.45 bits per heavy atom. The number of amides is 1. The first-order chi connectivity index (χ1) is 18.4. The minimum atomic E-state index is -1.19.